The number of hydrogen-bond acceptors (Lipinski definition) is 4. The van der Waals surface area contributed by atoms with Crippen LogP contribution >= 0.6 is 0 Å². The fourth-order valence-electron chi connectivity index (χ4n) is 4.90. The summed E-state index contributed by atoms with van der Waals surface area (Å²) in [7, 11) is 0. The van der Waals surface area contributed by atoms with Crippen molar-refractivity contribution in [3.8, 4) is 0 Å². The maximum atomic E-state index is 12.8. The molecule has 0 radical (unpaired) electrons. The lowest BCUT2D eigenvalue weighted by atomic mass is 10.0. The Morgan fingerprint density at radius 3 is 2.49 bits per heavy atom. The molecule has 0 bridgehead atoms. The van der Waals surface area contributed by atoms with E-state index in [1.807, 2.05) is 41.3 Å². The molecule has 1 fully saturated rings. The quantitative estimate of drug-likeness (QED) is 0.309. The first kappa shape index (κ1) is 28.3. The minimum Gasteiger partial charge on any atom is -0.354 e. The lowest BCUT2D eigenvalue weighted by Crippen LogP contribution is -2.42. The second-order valence-electron chi connectivity index (χ2n) is 10.1. The number of amides is 2. The molecule has 0 saturated carbocycles. The Morgan fingerprint density at radius 2 is 1.72 bits per heavy atom. The number of carbonyl (C=O) groups excluding carboxylic acids is 2. The summed E-state index contributed by atoms with van der Waals surface area (Å²) in [4.78, 5) is 27.2. The van der Waals surface area contributed by atoms with Crippen LogP contribution in [0, 0.1) is 0 Å². The zero-order chi connectivity index (χ0) is 27.5. The number of carbonyl (C=O) groups is 2. The Labute approximate surface area is 231 Å². The molecule has 0 aromatic heterocycles. The molecule has 1 atom stereocenters. The maximum absolute atomic E-state index is 12.8. The maximum Gasteiger partial charge on any atom is 0.236 e. The van der Waals surface area contributed by atoms with Crippen LogP contribution < -0.4 is 16.4 Å². The summed E-state index contributed by atoms with van der Waals surface area (Å²) >= 11 is 0. The molecule has 6 heteroatoms. The minimum absolute atomic E-state index is 0.000246. The Hall–Kier alpha value is -3.74. The first-order valence-electron chi connectivity index (χ1n) is 14.0. The second-order valence-corrected chi connectivity index (χ2v) is 10.1. The van der Waals surface area contributed by atoms with Gasteiger partial charge in [-0.1, -0.05) is 98.3 Å². The highest BCUT2D eigenvalue weighted by Crippen LogP contribution is 2.21. The summed E-state index contributed by atoms with van der Waals surface area (Å²) in [6.07, 6.45) is 3.53. The van der Waals surface area contributed by atoms with Gasteiger partial charge in [0.1, 0.15) is 0 Å². The van der Waals surface area contributed by atoms with Crippen molar-refractivity contribution in [3.05, 3.63) is 96.1 Å². The van der Waals surface area contributed by atoms with Crippen LogP contribution in [0.15, 0.2) is 84.9 Å². The summed E-state index contributed by atoms with van der Waals surface area (Å²) in [6, 6.07) is 28.9. The Kier molecular flexibility index (Phi) is 10.5. The van der Waals surface area contributed by atoms with E-state index in [2.05, 4.69) is 66.1 Å². The topological polar surface area (TPSA) is 87.5 Å². The molecular formula is C33H40N4O2. The lowest BCUT2D eigenvalue weighted by molar-refractivity contribution is -0.130. The van der Waals surface area contributed by atoms with Crippen LogP contribution in [0.25, 0.3) is 21.5 Å². The number of nitrogens with one attached hydrogen (secondary N) is 2. The van der Waals surface area contributed by atoms with Gasteiger partial charge < -0.3 is 21.3 Å². The molecule has 1 saturated heterocycles. The van der Waals surface area contributed by atoms with E-state index in [1.165, 1.54) is 29.0 Å². The van der Waals surface area contributed by atoms with Gasteiger partial charge in [-0.05, 0) is 52.1 Å². The van der Waals surface area contributed by atoms with E-state index in [-0.39, 0.29) is 24.4 Å². The highest BCUT2D eigenvalue weighted by atomic mass is 16.2. The number of nitrogens with two attached hydrogens (primary N) is 1. The summed E-state index contributed by atoms with van der Waals surface area (Å²) in [5, 5.41) is 11.1. The van der Waals surface area contributed by atoms with Crippen LogP contribution in [0.3, 0.4) is 0 Å². The summed E-state index contributed by atoms with van der Waals surface area (Å²) < 4.78 is 0. The van der Waals surface area contributed by atoms with Crippen LogP contribution in [0.4, 0.5) is 0 Å². The summed E-state index contributed by atoms with van der Waals surface area (Å²) in [5.74, 6) is 0.0955. The number of fused-ring (bicyclic) bond motifs is 2. The van der Waals surface area contributed by atoms with Crippen LogP contribution in [-0.4, -0.2) is 48.9 Å². The van der Waals surface area contributed by atoms with Gasteiger partial charge in [-0.15, -0.1) is 0 Å². The molecule has 39 heavy (non-hydrogen) atoms. The molecule has 4 N–H and O–H groups in total. The zero-order valence-electron chi connectivity index (χ0n) is 22.9. The third-order valence-corrected chi connectivity index (χ3v) is 7.17. The average molecular weight is 525 g/mol. The number of hydrogen-bond donors (Lipinski definition) is 3. The van der Waals surface area contributed by atoms with Gasteiger partial charge in [-0.3, -0.25) is 9.59 Å². The van der Waals surface area contributed by atoms with Crippen molar-refractivity contribution in [2.24, 2.45) is 5.73 Å². The molecule has 0 aliphatic carbocycles. The van der Waals surface area contributed by atoms with Crippen LogP contribution in [0.2, 0.25) is 0 Å². The monoisotopic (exact) mass is 524 g/mol. The molecule has 4 aromatic carbocycles. The van der Waals surface area contributed by atoms with Gasteiger partial charge in [0, 0.05) is 25.7 Å². The van der Waals surface area contributed by atoms with Crippen molar-refractivity contribution in [2.45, 2.75) is 45.2 Å². The Bertz CT molecular complexity index is 1380. The summed E-state index contributed by atoms with van der Waals surface area (Å²) in [5.41, 5.74) is 7.30. The van der Waals surface area contributed by atoms with E-state index < -0.39 is 0 Å². The number of rotatable bonds is 8. The van der Waals surface area contributed by atoms with Gasteiger partial charge in [0.15, 0.2) is 0 Å². The molecule has 204 valence electrons. The van der Waals surface area contributed by atoms with Gasteiger partial charge >= 0.3 is 0 Å². The van der Waals surface area contributed by atoms with Crippen molar-refractivity contribution in [2.75, 3.05) is 26.2 Å². The molecule has 0 spiro atoms. The molecule has 6 nitrogen and oxygen atoms in total. The van der Waals surface area contributed by atoms with E-state index in [4.69, 9.17) is 5.73 Å². The highest BCUT2D eigenvalue weighted by molar-refractivity contribution is 5.87. The van der Waals surface area contributed by atoms with Crippen LogP contribution in [0.1, 0.15) is 37.3 Å². The molecule has 1 heterocycles. The fourth-order valence-corrected chi connectivity index (χ4v) is 4.90. The van der Waals surface area contributed by atoms with Crippen molar-refractivity contribution in [1.29, 1.82) is 0 Å². The lowest BCUT2D eigenvalue weighted by Gasteiger charge is -2.21. The van der Waals surface area contributed by atoms with E-state index in [0.29, 0.717) is 26.1 Å². The van der Waals surface area contributed by atoms with E-state index in [1.54, 1.807) is 0 Å². The molecule has 1 aliphatic rings. The number of benzene rings is 4. The van der Waals surface area contributed by atoms with E-state index in [9.17, 15) is 9.59 Å². The second kappa shape index (κ2) is 14.4. The molecule has 1 unspecified atom stereocenters. The first-order valence-corrected chi connectivity index (χ1v) is 14.0. The predicted octanol–water partition coefficient (Wildman–Crippen LogP) is 4.79. The van der Waals surface area contributed by atoms with Gasteiger partial charge in [0.2, 0.25) is 11.8 Å². The van der Waals surface area contributed by atoms with Crippen molar-refractivity contribution in [3.63, 3.8) is 0 Å². The smallest absolute Gasteiger partial charge is 0.236 e. The van der Waals surface area contributed by atoms with Gasteiger partial charge in [0.05, 0.1) is 13.0 Å². The van der Waals surface area contributed by atoms with Crippen molar-refractivity contribution >= 4 is 33.4 Å². The summed E-state index contributed by atoms with van der Waals surface area (Å²) in [6.45, 7) is 5.05. The molecule has 1 aliphatic heterocycles. The first-order chi connectivity index (χ1) is 19.1. The zero-order valence-corrected chi connectivity index (χ0v) is 22.9. The molecule has 4 aromatic rings. The number of unbranched alkanes of at least 4 members (excludes halogenated alkanes) is 1. The molecule has 2 amide bonds. The normalized spacial score (nSPS) is 15.5. The van der Waals surface area contributed by atoms with Crippen molar-refractivity contribution in [1.82, 2.24) is 15.5 Å². The Balaban J connectivity index is 0.000000648. The SMILES string of the molecule is CCCCN.O=C(Cc1ccc2ccccc2c1)NCC1CCN(Cc2cccc3ccccc23)C(=O)CN1. The number of nitrogens with zero attached hydrogens (tertiary/aromatic N) is 1. The van der Waals surface area contributed by atoms with Gasteiger partial charge in [0.25, 0.3) is 0 Å². The van der Waals surface area contributed by atoms with Gasteiger partial charge in [-0.2, -0.15) is 0 Å². The van der Waals surface area contributed by atoms with E-state index >= 15 is 0 Å². The minimum atomic E-state index is 0.000246. The largest absolute Gasteiger partial charge is 0.354 e. The third kappa shape index (κ3) is 8.12. The molecule has 5 rings (SSSR count). The standard InChI is InChI=1S/C29H29N3O2.C4H11N/c33-28(17-21-12-13-22-6-1-2-8-24(22)16-21)31-18-26-14-15-32(29(34)19-30-26)20-25-10-5-9-23-7-3-4-11-27(23)25;1-2-3-4-5/h1-13,16,26,30H,14-15,17-20H2,(H,31,33);2-5H2,1H3. The molecular weight excluding hydrogens is 484 g/mol. The fraction of sp³-hybridized carbons (Fsp3) is 0.333. The average Bonchev–Trinajstić information content (AvgIpc) is 3.13. The van der Waals surface area contributed by atoms with Crippen molar-refractivity contribution < 1.29 is 9.59 Å². The highest BCUT2D eigenvalue weighted by Gasteiger charge is 2.23. The predicted molar refractivity (Wildman–Crippen MR) is 160 cm³/mol. The van der Waals surface area contributed by atoms with Crippen LogP contribution in [0.5, 0.6) is 0 Å². The van der Waals surface area contributed by atoms with Gasteiger partial charge in [-0.25, -0.2) is 0 Å². The van der Waals surface area contributed by atoms with Crippen LogP contribution in [-0.2, 0) is 22.6 Å². The van der Waals surface area contributed by atoms with E-state index in [0.717, 1.165) is 29.5 Å². The Morgan fingerprint density at radius 1 is 0.974 bits per heavy atom. The third-order valence-electron chi connectivity index (χ3n) is 7.17.